The molecule has 1 aromatic heterocycles. The molecular formula is C23H29F2N5O3. The molecule has 1 aliphatic rings. The van der Waals surface area contributed by atoms with E-state index >= 15 is 0 Å². The zero-order chi connectivity index (χ0) is 23.5. The highest BCUT2D eigenvalue weighted by Crippen LogP contribution is 2.30. The van der Waals surface area contributed by atoms with Crippen molar-refractivity contribution in [2.24, 2.45) is 0 Å². The molecule has 1 aromatic carbocycles. The molecule has 33 heavy (non-hydrogen) atoms. The average Bonchev–Trinajstić information content (AvgIpc) is 2.83. The Morgan fingerprint density at radius 1 is 1.18 bits per heavy atom. The summed E-state index contributed by atoms with van der Waals surface area (Å²) in [6.07, 6.45) is 7.36. The van der Waals surface area contributed by atoms with Crippen molar-refractivity contribution in [3.05, 3.63) is 48.3 Å². The Hall–Kier alpha value is -3.27. The van der Waals surface area contributed by atoms with Crippen molar-refractivity contribution >= 4 is 17.9 Å². The molecule has 1 saturated heterocycles. The Bertz CT molecular complexity index is 906. The van der Waals surface area contributed by atoms with Crippen LogP contribution >= 0.6 is 0 Å². The van der Waals surface area contributed by atoms with Crippen molar-refractivity contribution in [1.29, 1.82) is 0 Å². The van der Waals surface area contributed by atoms with Crippen LogP contribution in [0.1, 0.15) is 18.9 Å². The van der Waals surface area contributed by atoms with Crippen LogP contribution in [-0.2, 0) is 4.79 Å². The average molecular weight is 462 g/mol. The lowest BCUT2D eigenvalue weighted by molar-refractivity contribution is -0.116. The normalized spacial score (nSPS) is 14.6. The predicted octanol–water partition coefficient (Wildman–Crippen LogP) is 2.82. The van der Waals surface area contributed by atoms with Crippen LogP contribution in [0.2, 0.25) is 0 Å². The number of aromatic nitrogens is 2. The predicted molar refractivity (Wildman–Crippen MR) is 122 cm³/mol. The minimum atomic E-state index is -2.93. The second-order valence-corrected chi connectivity index (χ2v) is 7.37. The minimum Gasteiger partial charge on any atom is -0.490 e. The molecule has 1 aliphatic heterocycles. The summed E-state index contributed by atoms with van der Waals surface area (Å²) < 4.78 is 34.8. The van der Waals surface area contributed by atoms with Crippen LogP contribution in [0.25, 0.3) is 6.08 Å². The standard InChI is InChI=1S/C23H29F2N5O3/c1-2-32-20-17-18(5-7-19(20)33-22(24)25)6-8-21(31)26-11-4-12-29-13-15-30(16-14-29)23-27-9-3-10-28-23/h3,5-10,17,22H,2,4,11-16H2,1H3,(H,26,31)/b8-6+. The number of carbonyl (C=O) groups is 1. The first-order valence-electron chi connectivity index (χ1n) is 11.0. The van der Waals surface area contributed by atoms with Gasteiger partial charge in [0.2, 0.25) is 11.9 Å². The lowest BCUT2D eigenvalue weighted by atomic mass is 10.2. The van der Waals surface area contributed by atoms with E-state index in [0.29, 0.717) is 18.7 Å². The number of hydrogen-bond acceptors (Lipinski definition) is 7. The van der Waals surface area contributed by atoms with Gasteiger partial charge in [-0.15, -0.1) is 0 Å². The highest BCUT2D eigenvalue weighted by Gasteiger charge is 2.18. The fourth-order valence-electron chi connectivity index (χ4n) is 3.46. The third kappa shape index (κ3) is 7.98. The van der Waals surface area contributed by atoms with E-state index in [1.165, 1.54) is 12.1 Å². The first-order valence-corrected chi connectivity index (χ1v) is 11.0. The van der Waals surface area contributed by atoms with Gasteiger partial charge >= 0.3 is 6.61 Å². The van der Waals surface area contributed by atoms with Gasteiger partial charge in [-0.1, -0.05) is 6.07 Å². The van der Waals surface area contributed by atoms with Crippen molar-refractivity contribution < 1.29 is 23.0 Å². The highest BCUT2D eigenvalue weighted by molar-refractivity contribution is 5.91. The zero-order valence-corrected chi connectivity index (χ0v) is 18.6. The van der Waals surface area contributed by atoms with Crippen molar-refractivity contribution in [3.8, 4) is 11.5 Å². The van der Waals surface area contributed by atoms with Crippen LogP contribution < -0.4 is 19.7 Å². The van der Waals surface area contributed by atoms with Crippen LogP contribution in [0.15, 0.2) is 42.7 Å². The van der Waals surface area contributed by atoms with Gasteiger partial charge in [0.1, 0.15) is 0 Å². The molecule has 8 nitrogen and oxygen atoms in total. The van der Waals surface area contributed by atoms with E-state index < -0.39 is 6.61 Å². The number of hydrogen-bond donors (Lipinski definition) is 1. The molecule has 0 bridgehead atoms. The molecule has 1 N–H and O–H groups in total. The number of ether oxygens (including phenoxy) is 2. The molecule has 10 heteroatoms. The Labute approximate surface area is 192 Å². The molecule has 1 amide bonds. The number of piperazine rings is 1. The molecule has 2 heterocycles. The first kappa shape index (κ1) is 24.4. The van der Waals surface area contributed by atoms with Crippen LogP contribution in [0.4, 0.5) is 14.7 Å². The summed E-state index contributed by atoms with van der Waals surface area (Å²) in [5.41, 5.74) is 0.649. The summed E-state index contributed by atoms with van der Waals surface area (Å²) in [6.45, 7) is 4.21. The van der Waals surface area contributed by atoms with Crippen LogP contribution in [0.5, 0.6) is 11.5 Å². The molecule has 0 spiro atoms. The van der Waals surface area contributed by atoms with Crippen LogP contribution in [0.3, 0.4) is 0 Å². The minimum absolute atomic E-state index is 0.0365. The van der Waals surface area contributed by atoms with Crippen molar-refractivity contribution in [3.63, 3.8) is 0 Å². The van der Waals surface area contributed by atoms with E-state index in [1.807, 2.05) is 6.07 Å². The summed E-state index contributed by atoms with van der Waals surface area (Å²) in [7, 11) is 0. The molecule has 0 unspecified atom stereocenters. The van der Waals surface area contributed by atoms with Gasteiger partial charge in [0.15, 0.2) is 11.5 Å². The zero-order valence-electron chi connectivity index (χ0n) is 18.6. The van der Waals surface area contributed by atoms with Crippen molar-refractivity contribution in [1.82, 2.24) is 20.2 Å². The summed E-state index contributed by atoms with van der Waals surface area (Å²) in [5.74, 6) is 0.720. The third-order valence-corrected chi connectivity index (χ3v) is 5.07. The lowest BCUT2D eigenvalue weighted by Crippen LogP contribution is -2.47. The lowest BCUT2D eigenvalue weighted by Gasteiger charge is -2.34. The van der Waals surface area contributed by atoms with E-state index in [4.69, 9.17) is 4.74 Å². The molecule has 0 radical (unpaired) electrons. The van der Waals surface area contributed by atoms with E-state index in [-0.39, 0.29) is 17.4 Å². The number of alkyl halides is 2. The molecule has 0 aliphatic carbocycles. The smallest absolute Gasteiger partial charge is 0.387 e. The molecule has 178 valence electrons. The van der Waals surface area contributed by atoms with Gasteiger partial charge < -0.3 is 19.7 Å². The monoisotopic (exact) mass is 461 g/mol. The number of anilines is 1. The number of nitrogens with zero attached hydrogens (tertiary/aromatic N) is 4. The fourth-order valence-corrected chi connectivity index (χ4v) is 3.46. The van der Waals surface area contributed by atoms with Crippen molar-refractivity contribution in [2.45, 2.75) is 20.0 Å². The second-order valence-electron chi connectivity index (χ2n) is 7.37. The van der Waals surface area contributed by atoms with Gasteiger partial charge in [-0.25, -0.2) is 9.97 Å². The van der Waals surface area contributed by atoms with E-state index in [1.54, 1.807) is 37.5 Å². The summed E-state index contributed by atoms with van der Waals surface area (Å²) >= 11 is 0. The third-order valence-electron chi connectivity index (χ3n) is 5.07. The SMILES string of the molecule is CCOc1cc(/C=C/C(=O)NCCCN2CCN(c3ncccn3)CC2)ccc1OC(F)F. The maximum absolute atomic E-state index is 12.5. The fraction of sp³-hybridized carbons (Fsp3) is 0.435. The van der Waals surface area contributed by atoms with Crippen LogP contribution in [-0.4, -0.2) is 73.3 Å². The molecule has 0 atom stereocenters. The van der Waals surface area contributed by atoms with Gasteiger partial charge in [0, 0.05) is 51.2 Å². The number of nitrogens with one attached hydrogen (secondary N) is 1. The Balaban J connectivity index is 1.37. The second kappa shape index (κ2) is 12.7. The summed E-state index contributed by atoms with van der Waals surface area (Å²) in [6, 6.07) is 6.36. The molecular weight excluding hydrogens is 432 g/mol. The number of halogens is 2. The quantitative estimate of drug-likeness (QED) is 0.407. The number of carbonyl (C=O) groups excluding carboxylic acids is 1. The molecule has 2 aromatic rings. The van der Waals surface area contributed by atoms with Gasteiger partial charge in [0.05, 0.1) is 6.61 Å². The van der Waals surface area contributed by atoms with Gasteiger partial charge in [-0.2, -0.15) is 8.78 Å². The summed E-state index contributed by atoms with van der Waals surface area (Å²) in [5, 5.41) is 2.87. The molecule has 3 rings (SSSR count). The summed E-state index contributed by atoms with van der Waals surface area (Å²) in [4.78, 5) is 25.2. The number of amides is 1. The van der Waals surface area contributed by atoms with Gasteiger partial charge in [0.25, 0.3) is 0 Å². The number of rotatable bonds is 11. The van der Waals surface area contributed by atoms with Crippen molar-refractivity contribution in [2.75, 3.05) is 50.8 Å². The van der Waals surface area contributed by atoms with E-state index in [2.05, 4.69) is 29.8 Å². The Kier molecular flexibility index (Phi) is 9.37. The number of benzene rings is 1. The first-order chi connectivity index (χ1) is 16.0. The maximum atomic E-state index is 12.5. The van der Waals surface area contributed by atoms with E-state index in [9.17, 15) is 13.6 Å². The maximum Gasteiger partial charge on any atom is 0.387 e. The van der Waals surface area contributed by atoms with E-state index in [0.717, 1.165) is 45.1 Å². The molecule has 1 fully saturated rings. The molecule has 0 saturated carbocycles. The van der Waals surface area contributed by atoms with Gasteiger partial charge in [-0.05, 0) is 49.7 Å². The largest absolute Gasteiger partial charge is 0.490 e. The Morgan fingerprint density at radius 2 is 1.94 bits per heavy atom. The van der Waals surface area contributed by atoms with Gasteiger partial charge in [-0.3, -0.25) is 9.69 Å². The topological polar surface area (TPSA) is 79.8 Å². The van der Waals surface area contributed by atoms with Crippen LogP contribution in [0, 0.1) is 0 Å². The highest BCUT2D eigenvalue weighted by atomic mass is 19.3. The Morgan fingerprint density at radius 3 is 2.64 bits per heavy atom.